The standard InChI is InChI=1S/C36H39N5O6S/c1-2-38-32(42)24-9-3-4-10-25(24)33(43)40-17-14-22-8-7-13-29(47-23-15-16-39(19-23)36(46)30-18-37-21-48-30)31(22)28(40)20-41-34(44)26-11-5-6-12-27(26)35(41)45/h5-8,11-13,18,21,23-25,28H,2-4,9-10,14-17,19-20H2,1H3,(H,38,42)/t23?,24-,25?,28-/m1/s1. The first-order valence-electron chi connectivity index (χ1n) is 16.8. The van der Waals surface area contributed by atoms with Crippen LogP contribution < -0.4 is 10.1 Å². The lowest BCUT2D eigenvalue weighted by Gasteiger charge is -2.43. The summed E-state index contributed by atoms with van der Waals surface area (Å²) >= 11 is 1.31. The Bertz CT molecular complexity index is 1710. The number of carbonyl (C=O) groups is 5. The van der Waals surface area contributed by atoms with Crippen molar-refractivity contribution in [2.24, 2.45) is 11.8 Å². The molecule has 1 aromatic heterocycles. The topological polar surface area (TPSA) is 129 Å². The van der Waals surface area contributed by atoms with Crippen LogP contribution >= 0.6 is 11.3 Å². The van der Waals surface area contributed by atoms with Crippen LogP contribution in [0.5, 0.6) is 5.75 Å². The van der Waals surface area contributed by atoms with Crippen LogP contribution in [0.3, 0.4) is 0 Å². The van der Waals surface area contributed by atoms with Gasteiger partial charge >= 0.3 is 0 Å². The van der Waals surface area contributed by atoms with E-state index in [1.165, 1.54) is 16.2 Å². The number of hydrogen-bond donors (Lipinski definition) is 1. The first kappa shape index (κ1) is 32.0. The molecule has 4 aliphatic rings. The molecule has 3 aromatic rings. The highest BCUT2D eigenvalue weighted by atomic mass is 32.1. The smallest absolute Gasteiger partial charge is 0.265 e. The summed E-state index contributed by atoms with van der Waals surface area (Å²) in [6.45, 7) is 3.67. The molecule has 3 aliphatic heterocycles. The minimum absolute atomic E-state index is 0.0370. The molecule has 1 aliphatic carbocycles. The highest BCUT2D eigenvalue weighted by molar-refractivity contribution is 7.11. The molecule has 2 aromatic carbocycles. The van der Waals surface area contributed by atoms with E-state index in [0.29, 0.717) is 73.6 Å². The molecule has 7 rings (SSSR count). The van der Waals surface area contributed by atoms with E-state index in [9.17, 15) is 24.0 Å². The zero-order chi connectivity index (χ0) is 33.4. The fourth-order valence-corrected chi connectivity index (χ4v) is 8.38. The number of thiazole rings is 1. The van der Waals surface area contributed by atoms with Crippen molar-refractivity contribution in [1.29, 1.82) is 0 Å². The van der Waals surface area contributed by atoms with Gasteiger partial charge in [-0.05, 0) is 49.9 Å². The average Bonchev–Trinajstić information content (AvgIpc) is 3.87. The van der Waals surface area contributed by atoms with Gasteiger partial charge in [-0.2, -0.15) is 0 Å². The predicted octanol–water partition coefficient (Wildman–Crippen LogP) is 4.10. The molecule has 1 saturated heterocycles. The molecule has 1 saturated carbocycles. The summed E-state index contributed by atoms with van der Waals surface area (Å²) < 4.78 is 6.65. The van der Waals surface area contributed by atoms with Gasteiger partial charge in [-0.15, -0.1) is 11.3 Å². The van der Waals surface area contributed by atoms with Gasteiger partial charge in [0.2, 0.25) is 11.8 Å². The molecule has 0 bridgehead atoms. The molecule has 12 heteroatoms. The zero-order valence-corrected chi connectivity index (χ0v) is 27.7. The number of likely N-dealkylation sites (tertiary alicyclic amines) is 1. The fourth-order valence-electron chi connectivity index (χ4n) is 7.80. The van der Waals surface area contributed by atoms with Crippen molar-refractivity contribution in [2.45, 2.75) is 57.6 Å². The van der Waals surface area contributed by atoms with Gasteiger partial charge in [-0.1, -0.05) is 37.1 Å². The summed E-state index contributed by atoms with van der Waals surface area (Å²) in [6.07, 6.45) is 5.48. The van der Waals surface area contributed by atoms with Crippen LogP contribution in [0.4, 0.5) is 0 Å². The van der Waals surface area contributed by atoms with Crippen molar-refractivity contribution in [2.75, 3.05) is 32.7 Å². The Balaban J connectivity index is 1.21. The van der Waals surface area contributed by atoms with Crippen LogP contribution in [-0.4, -0.2) is 88.0 Å². The monoisotopic (exact) mass is 669 g/mol. The minimum atomic E-state index is -0.673. The van der Waals surface area contributed by atoms with Crippen molar-refractivity contribution in [3.63, 3.8) is 0 Å². The van der Waals surface area contributed by atoms with Gasteiger partial charge in [0.25, 0.3) is 17.7 Å². The summed E-state index contributed by atoms with van der Waals surface area (Å²) in [5, 5.41) is 2.92. The third-order valence-corrected chi connectivity index (χ3v) is 10.9. The molecule has 2 unspecified atom stereocenters. The largest absolute Gasteiger partial charge is 0.488 e. The molecule has 0 spiro atoms. The maximum Gasteiger partial charge on any atom is 0.265 e. The Morgan fingerprint density at radius 2 is 1.71 bits per heavy atom. The molecule has 48 heavy (non-hydrogen) atoms. The van der Waals surface area contributed by atoms with Gasteiger partial charge in [-0.25, -0.2) is 0 Å². The van der Waals surface area contributed by atoms with E-state index in [1.54, 1.807) is 45.8 Å². The Morgan fingerprint density at radius 3 is 2.42 bits per heavy atom. The Labute approximate surface area is 283 Å². The SMILES string of the molecule is CCNC(=O)[C@@H]1CCCCC1C(=O)N1CCc2cccc(OC3CCN(C(=O)c4cncs4)C3)c2[C@H]1CN1C(=O)c2ccccc2C1=O. The summed E-state index contributed by atoms with van der Waals surface area (Å²) in [5.74, 6) is -1.44. The molecule has 250 valence electrons. The van der Waals surface area contributed by atoms with Crippen molar-refractivity contribution in [3.05, 3.63) is 81.3 Å². The number of hydrogen-bond acceptors (Lipinski definition) is 8. The van der Waals surface area contributed by atoms with Crippen LogP contribution in [0.2, 0.25) is 0 Å². The Kier molecular flexibility index (Phi) is 9.00. The zero-order valence-electron chi connectivity index (χ0n) is 26.9. The quantitative estimate of drug-likeness (QED) is 0.358. The number of aromatic nitrogens is 1. The summed E-state index contributed by atoms with van der Waals surface area (Å²) in [7, 11) is 0. The van der Waals surface area contributed by atoms with Gasteiger partial charge in [0.05, 0.1) is 42.0 Å². The maximum absolute atomic E-state index is 14.6. The van der Waals surface area contributed by atoms with E-state index < -0.39 is 17.9 Å². The second-order valence-corrected chi connectivity index (χ2v) is 13.8. The number of benzene rings is 2. The normalized spacial score (nSPS) is 23.6. The molecule has 4 heterocycles. The van der Waals surface area contributed by atoms with Crippen molar-refractivity contribution < 1.29 is 28.7 Å². The third-order valence-electron chi connectivity index (χ3n) is 10.1. The van der Waals surface area contributed by atoms with E-state index in [2.05, 4.69) is 10.3 Å². The number of rotatable bonds is 8. The van der Waals surface area contributed by atoms with Gasteiger partial charge in [-0.3, -0.25) is 33.9 Å². The first-order chi connectivity index (χ1) is 23.4. The summed E-state index contributed by atoms with van der Waals surface area (Å²) in [5.41, 5.74) is 4.09. The van der Waals surface area contributed by atoms with E-state index >= 15 is 0 Å². The first-order valence-corrected chi connectivity index (χ1v) is 17.7. The number of nitrogens with zero attached hydrogens (tertiary/aromatic N) is 4. The summed E-state index contributed by atoms with van der Waals surface area (Å²) in [4.78, 5) is 77.4. The van der Waals surface area contributed by atoms with Crippen LogP contribution in [-0.2, 0) is 16.0 Å². The van der Waals surface area contributed by atoms with Gasteiger partial charge in [0.1, 0.15) is 16.7 Å². The number of nitrogens with one attached hydrogen (secondary N) is 1. The molecule has 11 nitrogen and oxygen atoms in total. The summed E-state index contributed by atoms with van der Waals surface area (Å²) in [6, 6.07) is 11.9. The number of imide groups is 1. The number of amides is 5. The van der Waals surface area contributed by atoms with E-state index in [4.69, 9.17) is 4.74 Å². The number of fused-ring (bicyclic) bond motifs is 2. The predicted molar refractivity (Wildman–Crippen MR) is 178 cm³/mol. The molecular formula is C36H39N5O6S. The second kappa shape index (κ2) is 13.5. The highest BCUT2D eigenvalue weighted by Crippen LogP contribution is 2.42. The van der Waals surface area contributed by atoms with Crippen LogP contribution in [0.1, 0.15) is 86.6 Å². The van der Waals surface area contributed by atoms with E-state index in [-0.39, 0.29) is 42.2 Å². The molecule has 0 radical (unpaired) electrons. The molecular weight excluding hydrogens is 630 g/mol. The lowest BCUT2D eigenvalue weighted by atomic mass is 9.77. The van der Waals surface area contributed by atoms with Crippen LogP contribution in [0.25, 0.3) is 0 Å². The lowest BCUT2D eigenvalue weighted by Crippen LogP contribution is -2.51. The number of ether oxygens (including phenoxy) is 1. The Morgan fingerprint density at radius 1 is 0.958 bits per heavy atom. The van der Waals surface area contributed by atoms with Crippen LogP contribution in [0.15, 0.2) is 54.2 Å². The van der Waals surface area contributed by atoms with Gasteiger partial charge < -0.3 is 19.9 Å². The average molecular weight is 670 g/mol. The molecule has 5 amide bonds. The van der Waals surface area contributed by atoms with Gasteiger partial charge in [0, 0.05) is 43.5 Å². The third kappa shape index (κ3) is 5.86. The van der Waals surface area contributed by atoms with Crippen molar-refractivity contribution >= 4 is 40.9 Å². The molecule has 4 atom stereocenters. The highest BCUT2D eigenvalue weighted by Gasteiger charge is 2.45. The molecule has 2 fully saturated rings. The van der Waals surface area contributed by atoms with Gasteiger partial charge in [0.15, 0.2) is 0 Å². The van der Waals surface area contributed by atoms with Crippen molar-refractivity contribution in [1.82, 2.24) is 25.0 Å². The fraction of sp³-hybridized carbons (Fsp3) is 0.444. The maximum atomic E-state index is 14.6. The van der Waals surface area contributed by atoms with Crippen molar-refractivity contribution in [3.8, 4) is 5.75 Å². The number of carbonyl (C=O) groups excluding carboxylic acids is 5. The molecule has 1 N–H and O–H groups in total. The van der Waals surface area contributed by atoms with E-state index in [1.807, 2.05) is 25.1 Å². The lowest BCUT2D eigenvalue weighted by molar-refractivity contribution is -0.146. The van der Waals surface area contributed by atoms with E-state index in [0.717, 1.165) is 24.0 Å². The van der Waals surface area contributed by atoms with Crippen LogP contribution in [0, 0.1) is 11.8 Å². The second-order valence-electron chi connectivity index (χ2n) is 12.9. The minimum Gasteiger partial charge on any atom is -0.488 e. The Hall–Kier alpha value is -4.58.